The Hall–Kier alpha value is -1.88. The molecule has 1 atom stereocenters. The molecule has 0 saturated heterocycles. The van der Waals surface area contributed by atoms with E-state index in [1.165, 1.54) is 22.7 Å². The molecule has 2 rings (SSSR count). The van der Waals surface area contributed by atoms with Gasteiger partial charge in [-0.25, -0.2) is 4.99 Å². The molecule has 2 amide bonds. The fourth-order valence-electron chi connectivity index (χ4n) is 1.68. The van der Waals surface area contributed by atoms with Crippen LogP contribution in [0.2, 0.25) is 0 Å². The molecule has 1 aromatic rings. The van der Waals surface area contributed by atoms with Crippen LogP contribution >= 0.6 is 11.8 Å². The molecule has 20 heavy (non-hydrogen) atoms. The number of nitrogens with one attached hydrogen (secondary N) is 1. The summed E-state index contributed by atoms with van der Waals surface area (Å²) >= 11 is 1.70. The minimum absolute atomic E-state index is 0.123. The SMILES string of the molecule is Cc1ccc(SCCNC(=O)C2C=CC(=O)N=C2)cc1. The van der Waals surface area contributed by atoms with Gasteiger partial charge in [-0.15, -0.1) is 11.8 Å². The second-order valence-electron chi connectivity index (χ2n) is 4.45. The Morgan fingerprint density at radius 2 is 2.10 bits per heavy atom. The molecule has 0 fully saturated rings. The summed E-state index contributed by atoms with van der Waals surface area (Å²) < 4.78 is 0. The number of hydrogen-bond donors (Lipinski definition) is 1. The molecule has 1 N–H and O–H groups in total. The highest BCUT2D eigenvalue weighted by molar-refractivity contribution is 7.99. The second kappa shape index (κ2) is 7.05. The van der Waals surface area contributed by atoms with Crippen LogP contribution in [0.15, 0.2) is 46.3 Å². The van der Waals surface area contributed by atoms with Crippen molar-refractivity contribution in [3.05, 3.63) is 42.0 Å². The van der Waals surface area contributed by atoms with Crippen molar-refractivity contribution in [2.45, 2.75) is 11.8 Å². The first kappa shape index (κ1) is 14.5. The highest BCUT2D eigenvalue weighted by atomic mass is 32.2. The van der Waals surface area contributed by atoms with Gasteiger partial charge in [-0.1, -0.05) is 23.8 Å². The minimum atomic E-state index is -0.433. The van der Waals surface area contributed by atoms with Gasteiger partial charge in [-0.2, -0.15) is 0 Å². The van der Waals surface area contributed by atoms with Crippen LogP contribution in [0.1, 0.15) is 5.56 Å². The van der Waals surface area contributed by atoms with Crippen molar-refractivity contribution in [1.29, 1.82) is 0 Å². The number of rotatable bonds is 5. The largest absolute Gasteiger partial charge is 0.354 e. The number of amides is 2. The first-order valence-corrected chi connectivity index (χ1v) is 7.37. The molecule has 1 aromatic carbocycles. The molecule has 1 aliphatic heterocycles. The van der Waals surface area contributed by atoms with Crippen LogP contribution in [-0.4, -0.2) is 30.3 Å². The van der Waals surface area contributed by atoms with Crippen molar-refractivity contribution in [1.82, 2.24) is 5.32 Å². The molecular weight excluding hydrogens is 272 g/mol. The van der Waals surface area contributed by atoms with Crippen LogP contribution in [0, 0.1) is 12.8 Å². The summed E-state index contributed by atoms with van der Waals surface area (Å²) in [5.74, 6) is -0.0653. The van der Waals surface area contributed by atoms with Crippen molar-refractivity contribution in [3.8, 4) is 0 Å². The molecule has 104 valence electrons. The van der Waals surface area contributed by atoms with Crippen molar-refractivity contribution in [2.24, 2.45) is 10.9 Å². The Morgan fingerprint density at radius 1 is 1.35 bits per heavy atom. The zero-order valence-electron chi connectivity index (χ0n) is 11.2. The van der Waals surface area contributed by atoms with Crippen LogP contribution in [0.3, 0.4) is 0 Å². The Bertz CT molecular complexity index is 533. The Balaban J connectivity index is 1.69. The van der Waals surface area contributed by atoms with E-state index in [0.29, 0.717) is 6.54 Å². The number of carbonyl (C=O) groups excluding carboxylic acids is 2. The van der Waals surface area contributed by atoms with Gasteiger partial charge in [0.15, 0.2) is 0 Å². The molecule has 1 unspecified atom stereocenters. The summed E-state index contributed by atoms with van der Waals surface area (Å²) in [5, 5.41) is 2.84. The Morgan fingerprint density at radius 3 is 2.75 bits per heavy atom. The van der Waals surface area contributed by atoms with E-state index in [9.17, 15) is 9.59 Å². The third kappa shape index (κ3) is 4.35. The third-order valence-corrected chi connectivity index (χ3v) is 3.82. The fourth-order valence-corrected chi connectivity index (χ4v) is 2.45. The van der Waals surface area contributed by atoms with E-state index >= 15 is 0 Å². The number of hydrogen-bond acceptors (Lipinski definition) is 3. The topological polar surface area (TPSA) is 58.5 Å². The summed E-state index contributed by atoms with van der Waals surface area (Å²) in [6.07, 6.45) is 4.27. The van der Waals surface area contributed by atoms with E-state index in [4.69, 9.17) is 0 Å². The summed E-state index contributed by atoms with van der Waals surface area (Å²) in [4.78, 5) is 27.4. The van der Waals surface area contributed by atoms with Gasteiger partial charge in [0.25, 0.3) is 5.91 Å². The number of benzene rings is 1. The van der Waals surface area contributed by atoms with Crippen molar-refractivity contribution in [3.63, 3.8) is 0 Å². The summed E-state index contributed by atoms with van der Waals surface area (Å²) in [7, 11) is 0. The standard InChI is InChI=1S/C15H16N2O2S/c1-11-2-5-13(6-3-11)20-9-8-16-15(19)12-4-7-14(18)17-10-12/h2-7,10,12H,8-9H2,1H3,(H,16,19). The van der Waals surface area contributed by atoms with Crippen molar-refractivity contribution >= 4 is 29.8 Å². The van der Waals surface area contributed by atoms with E-state index in [-0.39, 0.29) is 11.8 Å². The van der Waals surface area contributed by atoms with Crippen LogP contribution < -0.4 is 5.32 Å². The number of aliphatic imine (C=N–C) groups is 1. The van der Waals surface area contributed by atoms with Gasteiger partial charge in [-0.05, 0) is 19.1 Å². The van der Waals surface area contributed by atoms with Gasteiger partial charge in [0.05, 0.1) is 5.92 Å². The van der Waals surface area contributed by atoms with Gasteiger partial charge in [0, 0.05) is 29.5 Å². The van der Waals surface area contributed by atoms with Crippen LogP contribution in [0.4, 0.5) is 0 Å². The summed E-state index contributed by atoms with van der Waals surface area (Å²) in [5.41, 5.74) is 1.24. The smallest absolute Gasteiger partial charge is 0.269 e. The second-order valence-corrected chi connectivity index (χ2v) is 5.62. The van der Waals surface area contributed by atoms with Gasteiger partial charge in [0.2, 0.25) is 5.91 Å². The Labute approximate surface area is 122 Å². The molecule has 0 bridgehead atoms. The molecule has 4 nitrogen and oxygen atoms in total. The van der Waals surface area contributed by atoms with E-state index in [2.05, 4.69) is 41.5 Å². The molecule has 0 aromatic heterocycles. The lowest BCUT2D eigenvalue weighted by Crippen LogP contribution is -2.33. The molecule has 0 spiro atoms. The predicted molar refractivity (Wildman–Crippen MR) is 81.0 cm³/mol. The van der Waals surface area contributed by atoms with Crippen LogP contribution in [0.5, 0.6) is 0 Å². The highest BCUT2D eigenvalue weighted by Crippen LogP contribution is 2.17. The fraction of sp³-hybridized carbons (Fsp3) is 0.267. The molecule has 0 aliphatic carbocycles. The molecule has 0 radical (unpaired) electrons. The van der Waals surface area contributed by atoms with Crippen molar-refractivity contribution in [2.75, 3.05) is 12.3 Å². The summed E-state index contributed by atoms with van der Waals surface area (Å²) in [6, 6.07) is 8.29. The van der Waals surface area contributed by atoms with Gasteiger partial charge in [-0.3, -0.25) is 9.59 Å². The quantitative estimate of drug-likeness (QED) is 0.666. The zero-order chi connectivity index (χ0) is 14.4. The molecule has 1 heterocycles. The molecule has 1 aliphatic rings. The Kier molecular flexibility index (Phi) is 5.12. The maximum Gasteiger partial charge on any atom is 0.269 e. The lowest BCUT2D eigenvalue weighted by atomic mass is 10.1. The van der Waals surface area contributed by atoms with Gasteiger partial charge in [0.1, 0.15) is 0 Å². The number of carbonyl (C=O) groups is 2. The monoisotopic (exact) mass is 288 g/mol. The summed E-state index contributed by atoms with van der Waals surface area (Å²) in [6.45, 7) is 2.64. The lowest BCUT2D eigenvalue weighted by Gasteiger charge is -2.10. The van der Waals surface area contributed by atoms with Gasteiger partial charge < -0.3 is 5.32 Å². The predicted octanol–water partition coefficient (Wildman–Crippen LogP) is 1.99. The van der Waals surface area contributed by atoms with Crippen LogP contribution in [-0.2, 0) is 9.59 Å². The maximum absolute atomic E-state index is 11.8. The first-order chi connectivity index (χ1) is 9.65. The average molecular weight is 288 g/mol. The maximum atomic E-state index is 11.8. The normalized spacial score (nSPS) is 17.2. The molecule has 5 heteroatoms. The zero-order valence-corrected chi connectivity index (χ0v) is 12.0. The van der Waals surface area contributed by atoms with E-state index in [0.717, 1.165) is 5.75 Å². The highest BCUT2D eigenvalue weighted by Gasteiger charge is 2.15. The first-order valence-electron chi connectivity index (χ1n) is 6.39. The minimum Gasteiger partial charge on any atom is -0.354 e. The average Bonchev–Trinajstić information content (AvgIpc) is 2.46. The van der Waals surface area contributed by atoms with E-state index < -0.39 is 5.92 Å². The van der Waals surface area contributed by atoms with Crippen LogP contribution in [0.25, 0.3) is 0 Å². The van der Waals surface area contributed by atoms with Crippen molar-refractivity contribution < 1.29 is 9.59 Å². The van der Waals surface area contributed by atoms with E-state index in [1.807, 2.05) is 0 Å². The third-order valence-electron chi connectivity index (χ3n) is 2.80. The molecular formula is C15H16N2O2S. The number of thioether (sulfide) groups is 1. The number of dihydropyridines is 1. The molecule has 0 saturated carbocycles. The lowest BCUT2D eigenvalue weighted by molar-refractivity contribution is -0.121. The number of nitrogens with zero attached hydrogens (tertiary/aromatic N) is 1. The number of aryl methyl sites for hydroxylation is 1. The van der Waals surface area contributed by atoms with Gasteiger partial charge >= 0.3 is 0 Å². The van der Waals surface area contributed by atoms with E-state index in [1.54, 1.807) is 17.8 Å².